The third-order valence-electron chi connectivity index (χ3n) is 4.98. The maximum atomic E-state index is 2.36. The van der Waals surface area contributed by atoms with Crippen molar-refractivity contribution in [1.82, 2.24) is 4.90 Å². The molecule has 2 aliphatic rings. The van der Waals surface area contributed by atoms with Crippen molar-refractivity contribution in [2.75, 3.05) is 35.2 Å². The third-order valence-corrected chi connectivity index (χ3v) is 4.98. The molecule has 0 radical (unpaired) electrons. The molecule has 0 aliphatic heterocycles. The predicted octanol–water partition coefficient (Wildman–Crippen LogP) is 3.91. The van der Waals surface area contributed by atoms with Crippen molar-refractivity contribution in [3.05, 3.63) is 0 Å². The summed E-state index contributed by atoms with van der Waals surface area (Å²) in [6.07, 6.45) is 14.5. The number of hydrogen-bond donors (Lipinski definition) is 0. The highest BCUT2D eigenvalue weighted by atomic mass is 15.3. The number of hydrogen-bond acceptors (Lipinski definition) is 1. The van der Waals surface area contributed by atoms with Crippen LogP contribution in [0.4, 0.5) is 0 Å². The SMILES string of the molecule is CN(C)C1CCCCC1.C[N+](C)(C)C1CCCCC1. The van der Waals surface area contributed by atoms with Crippen molar-refractivity contribution < 1.29 is 4.48 Å². The molecule has 0 spiro atoms. The fourth-order valence-electron chi connectivity index (χ4n) is 3.45. The molecule has 0 heterocycles. The second-order valence-electron chi connectivity index (χ2n) is 7.66. The number of rotatable bonds is 2. The molecule has 2 rings (SSSR count). The van der Waals surface area contributed by atoms with E-state index < -0.39 is 0 Å². The first kappa shape index (κ1) is 17.0. The maximum Gasteiger partial charge on any atom is 0.0884 e. The average molecular weight is 269 g/mol. The van der Waals surface area contributed by atoms with Crippen LogP contribution in [0.5, 0.6) is 0 Å². The van der Waals surface area contributed by atoms with Gasteiger partial charge in [0.15, 0.2) is 0 Å². The molecule has 0 N–H and O–H groups in total. The van der Waals surface area contributed by atoms with Crippen LogP contribution in [0, 0.1) is 0 Å². The van der Waals surface area contributed by atoms with Crippen LogP contribution in [-0.4, -0.2) is 56.7 Å². The monoisotopic (exact) mass is 269 g/mol. The van der Waals surface area contributed by atoms with Gasteiger partial charge in [0.1, 0.15) is 0 Å². The molecule has 114 valence electrons. The van der Waals surface area contributed by atoms with Crippen LogP contribution < -0.4 is 0 Å². The van der Waals surface area contributed by atoms with E-state index >= 15 is 0 Å². The quantitative estimate of drug-likeness (QED) is 0.687. The highest BCUT2D eigenvalue weighted by Gasteiger charge is 2.24. The molecule has 2 aliphatic carbocycles. The molecule has 0 bridgehead atoms. The van der Waals surface area contributed by atoms with Crippen molar-refractivity contribution in [2.45, 2.75) is 76.3 Å². The molecule has 0 saturated heterocycles. The van der Waals surface area contributed by atoms with Crippen molar-refractivity contribution >= 4 is 0 Å². The molecule has 0 aromatic carbocycles. The van der Waals surface area contributed by atoms with Gasteiger partial charge in [-0.2, -0.15) is 0 Å². The molecule has 0 amide bonds. The summed E-state index contributed by atoms with van der Waals surface area (Å²) in [5.74, 6) is 0. The summed E-state index contributed by atoms with van der Waals surface area (Å²) in [5, 5.41) is 0. The first-order chi connectivity index (χ1) is 8.91. The number of quaternary nitrogens is 1. The molecule has 0 unspecified atom stereocenters. The van der Waals surface area contributed by atoms with E-state index in [4.69, 9.17) is 0 Å². The van der Waals surface area contributed by atoms with Gasteiger partial charge >= 0.3 is 0 Å². The van der Waals surface area contributed by atoms with E-state index in [2.05, 4.69) is 40.1 Å². The topological polar surface area (TPSA) is 3.24 Å². The van der Waals surface area contributed by atoms with E-state index in [9.17, 15) is 0 Å². The Hall–Kier alpha value is -0.0800. The van der Waals surface area contributed by atoms with Crippen molar-refractivity contribution in [2.24, 2.45) is 0 Å². The summed E-state index contributed by atoms with van der Waals surface area (Å²) < 4.78 is 1.17. The second-order valence-corrected chi connectivity index (χ2v) is 7.66. The standard InChI is InChI=1S/C9H20N.C8H17N/c1-10(2,3)9-7-5-4-6-8-9;1-9(2)8-6-4-3-5-7-8/h9H,4-8H2,1-3H3;8H,3-7H2,1-2H3/q+1;. The first-order valence-electron chi connectivity index (χ1n) is 8.39. The van der Waals surface area contributed by atoms with Gasteiger partial charge in [0.05, 0.1) is 27.2 Å². The van der Waals surface area contributed by atoms with E-state index in [-0.39, 0.29) is 0 Å². The Balaban J connectivity index is 0.000000191. The average Bonchev–Trinajstić information content (AvgIpc) is 2.40. The minimum atomic E-state index is 0.888. The zero-order chi connectivity index (χ0) is 14.3. The maximum absolute atomic E-state index is 2.36. The van der Waals surface area contributed by atoms with E-state index in [0.29, 0.717) is 0 Å². The summed E-state index contributed by atoms with van der Waals surface area (Å²) >= 11 is 0. The molecule has 2 saturated carbocycles. The smallest absolute Gasteiger partial charge is 0.0884 e. The van der Waals surface area contributed by atoms with Crippen LogP contribution in [-0.2, 0) is 0 Å². The van der Waals surface area contributed by atoms with Gasteiger partial charge in [-0.3, -0.25) is 0 Å². The lowest BCUT2D eigenvalue weighted by atomic mass is 9.94. The Bertz CT molecular complexity index is 218. The van der Waals surface area contributed by atoms with Crippen molar-refractivity contribution in [3.8, 4) is 0 Å². The van der Waals surface area contributed by atoms with Gasteiger partial charge in [0.2, 0.25) is 0 Å². The van der Waals surface area contributed by atoms with Crippen LogP contribution in [0.1, 0.15) is 64.2 Å². The van der Waals surface area contributed by atoms with Crippen LogP contribution in [0.2, 0.25) is 0 Å². The molecular weight excluding hydrogens is 232 g/mol. The highest BCUT2D eigenvalue weighted by Crippen LogP contribution is 2.23. The Labute approximate surface area is 121 Å². The van der Waals surface area contributed by atoms with Crippen LogP contribution in [0.25, 0.3) is 0 Å². The second kappa shape index (κ2) is 8.26. The summed E-state index contributed by atoms with van der Waals surface area (Å²) in [7, 11) is 11.3. The fraction of sp³-hybridized carbons (Fsp3) is 1.00. The lowest BCUT2D eigenvalue weighted by Gasteiger charge is -2.36. The van der Waals surface area contributed by atoms with Crippen molar-refractivity contribution in [3.63, 3.8) is 0 Å². The first-order valence-corrected chi connectivity index (χ1v) is 8.39. The molecular formula is C17H37N2+. The van der Waals surface area contributed by atoms with Crippen molar-refractivity contribution in [1.29, 1.82) is 0 Å². The Morgan fingerprint density at radius 3 is 1.37 bits per heavy atom. The van der Waals surface area contributed by atoms with Gasteiger partial charge in [-0.05, 0) is 52.6 Å². The minimum absolute atomic E-state index is 0.888. The van der Waals surface area contributed by atoms with Crippen LogP contribution in [0.3, 0.4) is 0 Å². The van der Waals surface area contributed by atoms with Crippen LogP contribution in [0.15, 0.2) is 0 Å². The summed E-state index contributed by atoms with van der Waals surface area (Å²) in [4.78, 5) is 2.36. The molecule has 19 heavy (non-hydrogen) atoms. The van der Waals surface area contributed by atoms with E-state index in [1.54, 1.807) is 0 Å². The Morgan fingerprint density at radius 1 is 0.684 bits per heavy atom. The summed E-state index contributed by atoms with van der Waals surface area (Å²) in [6.45, 7) is 0. The third kappa shape index (κ3) is 6.76. The van der Waals surface area contributed by atoms with Gasteiger partial charge in [-0.25, -0.2) is 0 Å². The Morgan fingerprint density at radius 2 is 1.11 bits per heavy atom. The van der Waals surface area contributed by atoms with Crippen LogP contribution >= 0.6 is 0 Å². The minimum Gasteiger partial charge on any atom is -0.328 e. The van der Waals surface area contributed by atoms with E-state index in [0.717, 1.165) is 12.1 Å². The summed E-state index contributed by atoms with van der Waals surface area (Å²) in [5.41, 5.74) is 0. The Kier molecular flexibility index (Phi) is 7.38. The predicted molar refractivity (Wildman–Crippen MR) is 85.5 cm³/mol. The zero-order valence-electron chi connectivity index (χ0n) is 14.1. The highest BCUT2D eigenvalue weighted by molar-refractivity contribution is 4.70. The van der Waals surface area contributed by atoms with Gasteiger partial charge in [-0.15, -0.1) is 0 Å². The fourth-order valence-corrected chi connectivity index (χ4v) is 3.45. The zero-order valence-corrected chi connectivity index (χ0v) is 14.1. The molecule has 2 heteroatoms. The largest absolute Gasteiger partial charge is 0.328 e. The molecule has 2 fully saturated rings. The molecule has 2 nitrogen and oxygen atoms in total. The normalized spacial score (nSPS) is 23.1. The van der Waals surface area contributed by atoms with Gasteiger partial charge in [0.25, 0.3) is 0 Å². The summed E-state index contributed by atoms with van der Waals surface area (Å²) in [6, 6.07) is 1.83. The molecule has 0 atom stereocenters. The lowest BCUT2D eigenvalue weighted by molar-refractivity contribution is -0.897. The number of nitrogens with zero attached hydrogens (tertiary/aromatic N) is 2. The van der Waals surface area contributed by atoms with Gasteiger partial charge in [0, 0.05) is 6.04 Å². The van der Waals surface area contributed by atoms with E-state index in [1.165, 1.54) is 68.7 Å². The molecule has 0 aromatic rings. The molecule has 0 aromatic heterocycles. The lowest BCUT2D eigenvalue weighted by Crippen LogP contribution is -2.45. The van der Waals surface area contributed by atoms with E-state index in [1.807, 2.05) is 0 Å². The van der Waals surface area contributed by atoms with Gasteiger partial charge < -0.3 is 9.38 Å². The van der Waals surface area contributed by atoms with Gasteiger partial charge in [-0.1, -0.05) is 25.7 Å².